The number of carbonyl (C=O) groups is 2. The molecule has 2 N–H and O–H groups in total. The van der Waals surface area contributed by atoms with Crippen molar-refractivity contribution in [1.29, 1.82) is 0 Å². The number of aliphatic carboxylic acids is 1. The zero-order valence-corrected chi connectivity index (χ0v) is 13.2. The van der Waals surface area contributed by atoms with Gasteiger partial charge in [-0.05, 0) is 27.7 Å². The number of nitrogens with one attached hydrogen (secondary N) is 1. The first kappa shape index (κ1) is 15.5. The Hall–Kier alpha value is -1.92. The first-order chi connectivity index (χ1) is 9.54. The summed E-state index contributed by atoms with van der Waals surface area (Å²) < 4.78 is 5.36. The van der Waals surface area contributed by atoms with Crippen molar-refractivity contribution < 1.29 is 19.4 Å². The second-order valence-electron chi connectivity index (χ2n) is 6.64. The van der Waals surface area contributed by atoms with Crippen molar-refractivity contribution in [3.05, 3.63) is 11.4 Å². The molecule has 0 aromatic carbocycles. The van der Waals surface area contributed by atoms with Crippen LogP contribution in [0, 0.1) is 0 Å². The summed E-state index contributed by atoms with van der Waals surface area (Å²) in [5.41, 5.74) is 0.0229. The summed E-state index contributed by atoms with van der Waals surface area (Å²) in [5.74, 6) is -0.941. The quantitative estimate of drug-likeness (QED) is 0.756. The topological polar surface area (TPSA) is 82.1 Å². The van der Waals surface area contributed by atoms with Crippen molar-refractivity contribution in [2.75, 3.05) is 20.1 Å². The van der Waals surface area contributed by atoms with Gasteiger partial charge in [0, 0.05) is 25.7 Å². The molecule has 1 atom stereocenters. The number of ether oxygens (including phenoxy) is 1. The van der Waals surface area contributed by atoms with Crippen LogP contribution >= 0.6 is 0 Å². The van der Waals surface area contributed by atoms with Crippen molar-refractivity contribution in [2.45, 2.75) is 45.4 Å². The first-order valence-electron chi connectivity index (χ1n) is 7.00. The standard InChI is InChI=1S/C14H23N3O4/c1-13(2,3)21-12(20)17-7-6-10-9(8-17)15-14(4,11(18)19)16(10)5/h15H,6-8H2,1-5H3,(H,18,19). The fourth-order valence-electron chi connectivity index (χ4n) is 2.56. The average Bonchev–Trinajstić information content (AvgIpc) is 2.60. The van der Waals surface area contributed by atoms with Gasteiger partial charge in [-0.25, -0.2) is 9.59 Å². The van der Waals surface area contributed by atoms with E-state index in [-0.39, 0.29) is 6.09 Å². The molecule has 118 valence electrons. The van der Waals surface area contributed by atoms with E-state index in [1.54, 1.807) is 23.8 Å². The highest BCUT2D eigenvalue weighted by Crippen LogP contribution is 2.32. The fraction of sp³-hybridized carbons (Fsp3) is 0.714. The molecule has 0 saturated heterocycles. The number of rotatable bonds is 1. The summed E-state index contributed by atoms with van der Waals surface area (Å²) in [6.45, 7) is 7.95. The van der Waals surface area contributed by atoms with Crippen LogP contribution in [0.5, 0.6) is 0 Å². The van der Waals surface area contributed by atoms with E-state index in [4.69, 9.17) is 4.74 Å². The second kappa shape index (κ2) is 4.82. The van der Waals surface area contributed by atoms with Gasteiger partial charge in [-0.1, -0.05) is 0 Å². The molecule has 1 unspecified atom stereocenters. The molecule has 0 aliphatic carbocycles. The Morgan fingerprint density at radius 2 is 2.00 bits per heavy atom. The summed E-state index contributed by atoms with van der Waals surface area (Å²) in [4.78, 5) is 26.9. The van der Waals surface area contributed by atoms with E-state index < -0.39 is 17.2 Å². The van der Waals surface area contributed by atoms with Crippen molar-refractivity contribution in [1.82, 2.24) is 15.1 Å². The van der Waals surface area contributed by atoms with Gasteiger partial charge in [0.15, 0.2) is 0 Å². The number of likely N-dealkylation sites (N-methyl/N-ethyl adjacent to an activating group) is 1. The zero-order chi connectivity index (χ0) is 16.0. The maximum Gasteiger partial charge on any atom is 0.410 e. The third-order valence-electron chi connectivity index (χ3n) is 3.85. The Labute approximate surface area is 124 Å². The number of carboxylic acids is 1. The minimum absolute atomic E-state index is 0.345. The SMILES string of the molecule is CN1C2=C(CN(C(=O)OC(C)(C)C)CC2)NC1(C)C(=O)O. The Morgan fingerprint density at radius 3 is 2.52 bits per heavy atom. The third-order valence-corrected chi connectivity index (χ3v) is 3.85. The number of carbonyl (C=O) groups excluding carboxylic acids is 1. The molecular formula is C14H23N3O4. The number of amides is 1. The summed E-state index contributed by atoms with van der Waals surface area (Å²) in [5, 5.41) is 12.4. The van der Waals surface area contributed by atoms with Gasteiger partial charge in [0.2, 0.25) is 5.66 Å². The molecule has 21 heavy (non-hydrogen) atoms. The zero-order valence-electron chi connectivity index (χ0n) is 13.2. The molecule has 0 fully saturated rings. The van der Waals surface area contributed by atoms with Crippen molar-refractivity contribution in [2.24, 2.45) is 0 Å². The van der Waals surface area contributed by atoms with E-state index in [1.807, 2.05) is 20.8 Å². The van der Waals surface area contributed by atoms with Gasteiger partial charge >= 0.3 is 12.1 Å². The summed E-state index contributed by atoms with van der Waals surface area (Å²) in [7, 11) is 1.76. The molecule has 0 spiro atoms. The summed E-state index contributed by atoms with van der Waals surface area (Å²) in [6.07, 6.45) is 0.239. The largest absolute Gasteiger partial charge is 0.478 e. The highest BCUT2D eigenvalue weighted by Gasteiger charge is 2.47. The molecule has 0 bridgehead atoms. The second-order valence-corrected chi connectivity index (χ2v) is 6.64. The lowest BCUT2D eigenvalue weighted by molar-refractivity contribution is -0.149. The third kappa shape index (κ3) is 2.77. The van der Waals surface area contributed by atoms with Crippen LogP contribution in [0.3, 0.4) is 0 Å². The van der Waals surface area contributed by atoms with Crippen LogP contribution < -0.4 is 5.32 Å². The number of nitrogens with zero attached hydrogens (tertiary/aromatic N) is 2. The fourth-order valence-corrected chi connectivity index (χ4v) is 2.56. The Balaban J connectivity index is 2.11. The molecule has 2 rings (SSSR count). The molecule has 0 aromatic heterocycles. The van der Waals surface area contributed by atoms with Crippen LogP contribution in [0.25, 0.3) is 0 Å². The van der Waals surface area contributed by atoms with Crippen LogP contribution in [-0.2, 0) is 9.53 Å². The Morgan fingerprint density at radius 1 is 1.38 bits per heavy atom. The van der Waals surface area contributed by atoms with E-state index in [0.29, 0.717) is 19.5 Å². The van der Waals surface area contributed by atoms with Gasteiger partial charge < -0.3 is 25.0 Å². The number of carboxylic acid groups (broad SMARTS) is 1. The first-order valence-corrected chi connectivity index (χ1v) is 7.00. The van der Waals surface area contributed by atoms with Gasteiger partial charge in [-0.15, -0.1) is 0 Å². The van der Waals surface area contributed by atoms with E-state index in [2.05, 4.69) is 5.32 Å². The lowest BCUT2D eigenvalue weighted by atomic mass is 10.1. The predicted molar refractivity (Wildman–Crippen MR) is 76.4 cm³/mol. The molecular weight excluding hydrogens is 274 g/mol. The normalized spacial score (nSPS) is 25.6. The smallest absolute Gasteiger partial charge is 0.410 e. The van der Waals surface area contributed by atoms with Crippen LogP contribution in [-0.4, -0.2) is 58.4 Å². The Kier molecular flexibility index (Phi) is 3.55. The molecule has 1 amide bonds. The molecule has 0 saturated carbocycles. The highest BCUT2D eigenvalue weighted by atomic mass is 16.6. The van der Waals surface area contributed by atoms with Crippen LogP contribution in [0.4, 0.5) is 4.79 Å². The van der Waals surface area contributed by atoms with Gasteiger partial charge in [-0.2, -0.15) is 0 Å². The van der Waals surface area contributed by atoms with E-state index in [9.17, 15) is 14.7 Å². The molecule has 7 nitrogen and oxygen atoms in total. The minimum atomic E-state index is -1.16. The van der Waals surface area contributed by atoms with Gasteiger partial charge in [-0.3, -0.25) is 0 Å². The lowest BCUT2D eigenvalue weighted by Gasteiger charge is -2.32. The van der Waals surface area contributed by atoms with E-state index in [0.717, 1.165) is 11.4 Å². The van der Waals surface area contributed by atoms with Crippen LogP contribution in [0.2, 0.25) is 0 Å². The van der Waals surface area contributed by atoms with Crippen molar-refractivity contribution in [3.63, 3.8) is 0 Å². The van der Waals surface area contributed by atoms with Crippen LogP contribution in [0.15, 0.2) is 11.4 Å². The maximum absolute atomic E-state index is 12.1. The van der Waals surface area contributed by atoms with Gasteiger partial charge in [0.1, 0.15) is 5.60 Å². The molecule has 2 aliphatic rings. The molecule has 0 radical (unpaired) electrons. The minimum Gasteiger partial charge on any atom is -0.478 e. The predicted octanol–water partition coefficient (Wildman–Crippen LogP) is 1.17. The van der Waals surface area contributed by atoms with Gasteiger partial charge in [0.05, 0.1) is 12.2 Å². The molecule has 2 heterocycles. The molecule has 7 heteroatoms. The number of hydrogen-bond donors (Lipinski definition) is 2. The lowest BCUT2D eigenvalue weighted by Crippen LogP contribution is -2.55. The van der Waals surface area contributed by atoms with Crippen LogP contribution in [0.1, 0.15) is 34.1 Å². The molecule has 2 aliphatic heterocycles. The van der Waals surface area contributed by atoms with E-state index in [1.165, 1.54) is 0 Å². The van der Waals surface area contributed by atoms with E-state index >= 15 is 0 Å². The summed E-state index contributed by atoms with van der Waals surface area (Å²) >= 11 is 0. The highest BCUT2D eigenvalue weighted by molar-refractivity contribution is 5.79. The molecule has 0 aromatic rings. The summed E-state index contributed by atoms with van der Waals surface area (Å²) in [6, 6.07) is 0. The van der Waals surface area contributed by atoms with Crippen molar-refractivity contribution in [3.8, 4) is 0 Å². The average molecular weight is 297 g/mol. The number of hydrogen-bond acceptors (Lipinski definition) is 5. The van der Waals surface area contributed by atoms with Gasteiger partial charge in [0.25, 0.3) is 0 Å². The van der Waals surface area contributed by atoms with Crippen molar-refractivity contribution >= 4 is 12.1 Å². The monoisotopic (exact) mass is 297 g/mol. The maximum atomic E-state index is 12.1. The Bertz CT molecular complexity index is 509.